The molecule has 1 aromatic rings. The van der Waals surface area contributed by atoms with E-state index in [0.717, 1.165) is 0 Å². The smallest absolute Gasteiger partial charge is 0.326 e. The molecule has 0 spiro atoms. The molecule has 0 heterocycles. The van der Waals surface area contributed by atoms with Gasteiger partial charge < -0.3 is 10.4 Å². The van der Waals surface area contributed by atoms with E-state index in [2.05, 4.69) is 5.32 Å². The van der Waals surface area contributed by atoms with Crippen LogP contribution in [0, 0.1) is 5.92 Å². The van der Waals surface area contributed by atoms with Gasteiger partial charge in [0.25, 0.3) is 0 Å². The van der Waals surface area contributed by atoms with Crippen molar-refractivity contribution < 1.29 is 23.1 Å². The maximum absolute atomic E-state index is 12.1. The Morgan fingerprint density at radius 1 is 1.18 bits per heavy atom. The minimum Gasteiger partial charge on any atom is -0.480 e. The molecule has 1 atom stereocenters. The summed E-state index contributed by atoms with van der Waals surface area (Å²) in [4.78, 5) is 22.9. The molecule has 122 valence electrons. The molecule has 1 aromatic carbocycles. The Labute approximate surface area is 130 Å². The van der Waals surface area contributed by atoms with Crippen molar-refractivity contribution >= 4 is 21.7 Å². The van der Waals surface area contributed by atoms with Crippen molar-refractivity contribution in [3.05, 3.63) is 30.3 Å². The summed E-state index contributed by atoms with van der Waals surface area (Å²) in [5.41, 5.74) is 0. The van der Waals surface area contributed by atoms with Crippen molar-refractivity contribution in [3.8, 4) is 0 Å². The monoisotopic (exact) mass is 327 g/mol. The van der Waals surface area contributed by atoms with E-state index in [1.807, 2.05) is 13.8 Å². The first-order valence-corrected chi connectivity index (χ1v) is 8.67. The van der Waals surface area contributed by atoms with Gasteiger partial charge in [-0.25, -0.2) is 13.2 Å². The van der Waals surface area contributed by atoms with Crippen LogP contribution >= 0.6 is 0 Å². The van der Waals surface area contributed by atoms with Crippen LogP contribution in [0.25, 0.3) is 0 Å². The summed E-state index contributed by atoms with van der Waals surface area (Å²) in [5, 5.41) is 11.5. The number of hydrogen-bond donors (Lipinski definition) is 2. The number of carbonyl (C=O) groups is 2. The molecule has 0 bridgehead atoms. The van der Waals surface area contributed by atoms with Gasteiger partial charge in [0.2, 0.25) is 5.91 Å². The van der Waals surface area contributed by atoms with Gasteiger partial charge in [0.15, 0.2) is 9.84 Å². The van der Waals surface area contributed by atoms with E-state index in [9.17, 15) is 18.0 Å². The SMILES string of the molecule is CC(C)CC(=O)N[C@H](CCS(=O)(=O)c1ccccc1)C(=O)O. The second-order valence-corrected chi connectivity index (χ2v) is 7.59. The van der Waals surface area contributed by atoms with Crippen LogP contribution in [0.15, 0.2) is 35.2 Å². The number of carbonyl (C=O) groups excluding carboxylic acids is 1. The second-order valence-electron chi connectivity index (χ2n) is 5.48. The topological polar surface area (TPSA) is 101 Å². The molecule has 0 fully saturated rings. The van der Waals surface area contributed by atoms with Crippen molar-refractivity contribution in [2.45, 2.75) is 37.6 Å². The van der Waals surface area contributed by atoms with E-state index in [0.29, 0.717) is 0 Å². The minimum absolute atomic E-state index is 0.0995. The predicted molar refractivity (Wildman–Crippen MR) is 82.1 cm³/mol. The first-order chi connectivity index (χ1) is 10.2. The maximum Gasteiger partial charge on any atom is 0.326 e. The lowest BCUT2D eigenvalue weighted by molar-refractivity contribution is -0.142. The van der Waals surface area contributed by atoms with Crippen LogP contribution in [0.1, 0.15) is 26.7 Å². The van der Waals surface area contributed by atoms with Crippen molar-refractivity contribution in [2.75, 3.05) is 5.75 Å². The zero-order valence-electron chi connectivity index (χ0n) is 12.7. The zero-order chi connectivity index (χ0) is 16.8. The number of sulfone groups is 1. The number of hydrogen-bond acceptors (Lipinski definition) is 4. The predicted octanol–water partition coefficient (Wildman–Crippen LogP) is 1.47. The van der Waals surface area contributed by atoms with E-state index in [1.54, 1.807) is 18.2 Å². The number of amides is 1. The summed E-state index contributed by atoms with van der Waals surface area (Å²) in [6, 6.07) is 6.62. The third-order valence-corrected chi connectivity index (χ3v) is 4.77. The molecule has 0 saturated heterocycles. The molecular weight excluding hydrogens is 306 g/mol. The van der Waals surface area contributed by atoms with Gasteiger partial charge in [-0.1, -0.05) is 32.0 Å². The Balaban J connectivity index is 2.69. The Bertz CT molecular complexity index is 610. The van der Waals surface area contributed by atoms with Crippen LogP contribution in [0.5, 0.6) is 0 Å². The van der Waals surface area contributed by atoms with Crippen LogP contribution in [0.4, 0.5) is 0 Å². The molecule has 0 aromatic heterocycles. The number of aliphatic carboxylic acids is 1. The number of benzene rings is 1. The summed E-state index contributed by atoms with van der Waals surface area (Å²) in [6.45, 7) is 3.68. The first kappa shape index (κ1) is 18.2. The highest BCUT2D eigenvalue weighted by atomic mass is 32.2. The molecule has 7 heteroatoms. The van der Waals surface area contributed by atoms with Crippen molar-refractivity contribution in [1.82, 2.24) is 5.32 Å². The highest BCUT2D eigenvalue weighted by Crippen LogP contribution is 2.12. The van der Waals surface area contributed by atoms with Crippen LogP contribution in [0.3, 0.4) is 0 Å². The maximum atomic E-state index is 12.1. The van der Waals surface area contributed by atoms with Gasteiger partial charge in [-0.2, -0.15) is 0 Å². The van der Waals surface area contributed by atoms with Crippen LogP contribution in [0.2, 0.25) is 0 Å². The fourth-order valence-corrected chi connectivity index (χ4v) is 3.25. The lowest BCUT2D eigenvalue weighted by Crippen LogP contribution is -2.42. The van der Waals surface area contributed by atoms with Gasteiger partial charge in [-0.15, -0.1) is 0 Å². The normalized spacial score (nSPS) is 12.9. The molecule has 1 rings (SSSR count). The van der Waals surface area contributed by atoms with Gasteiger partial charge in [0.05, 0.1) is 10.6 Å². The molecule has 0 aliphatic carbocycles. The number of carboxylic acids is 1. The molecule has 0 aliphatic rings. The van der Waals surface area contributed by atoms with Crippen molar-refractivity contribution in [1.29, 1.82) is 0 Å². The van der Waals surface area contributed by atoms with Crippen LogP contribution < -0.4 is 5.32 Å². The van der Waals surface area contributed by atoms with Crippen molar-refractivity contribution in [3.63, 3.8) is 0 Å². The quantitative estimate of drug-likeness (QED) is 0.753. The lowest BCUT2D eigenvalue weighted by Gasteiger charge is -2.15. The summed E-state index contributed by atoms with van der Waals surface area (Å²) in [6.07, 6.45) is 0.0333. The zero-order valence-corrected chi connectivity index (χ0v) is 13.5. The van der Waals surface area contributed by atoms with Gasteiger partial charge in [0.1, 0.15) is 6.04 Å². The average Bonchev–Trinajstić information content (AvgIpc) is 2.43. The summed E-state index contributed by atoms with van der Waals surface area (Å²) >= 11 is 0. The average molecular weight is 327 g/mol. The van der Waals surface area contributed by atoms with Gasteiger partial charge >= 0.3 is 5.97 Å². The summed E-state index contributed by atoms with van der Waals surface area (Å²) in [5.74, 6) is -1.86. The van der Waals surface area contributed by atoms with E-state index < -0.39 is 21.8 Å². The molecular formula is C15H21NO5S. The van der Waals surface area contributed by atoms with Crippen LogP contribution in [-0.4, -0.2) is 37.2 Å². The Morgan fingerprint density at radius 2 is 1.77 bits per heavy atom. The number of nitrogens with one attached hydrogen (secondary N) is 1. The van der Waals surface area contributed by atoms with E-state index in [-0.39, 0.29) is 35.3 Å². The third kappa shape index (κ3) is 5.85. The number of carboxylic acid groups (broad SMARTS) is 1. The molecule has 1 amide bonds. The Morgan fingerprint density at radius 3 is 2.27 bits per heavy atom. The first-order valence-electron chi connectivity index (χ1n) is 7.02. The molecule has 0 aliphatic heterocycles. The molecule has 0 unspecified atom stereocenters. The lowest BCUT2D eigenvalue weighted by atomic mass is 10.1. The standard InChI is InChI=1S/C15H21NO5S/c1-11(2)10-14(17)16-13(15(18)19)8-9-22(20,21)12-6-4-3-5-7-12/h3-7,11,13H,8-10H2,1-2H3,(H,16,17)(H,18,19)/t13-/m1/s1. The molecule has 22 heavy (non-hydrogen) atoms. The minimum atomic E-state index is -3.56. The molecule has 6 nitrogen and oxygen atoms in total. The van der Waals surface area contributed by atoms with E-state index in [4.69, 9.17) is 5.11 Å². The fraction of sp³-hybridized carbons (Fsp3) is 0.467. The van der Waals surface area contributed by atoms with E-state index in [1.165, 1.54) is 12.1 Å². The van der Waals surface area contributed by atoms with Gasteiger partial charge in [-0.05, 0) is 24.5 Å². The summed E-state index contributed by atoms with van der Waals surface area (Å²) < 4.78 is 24.2. The van der Waals surface area contributed by atoms with Crippen LogP contribution in [-0.2, 0) is 19.4 Å². The summed E-state index contributed by atoms with van der Waals surface area (Å²) in [7, 11) is -3.56. The highest BCUT2D eigenvalue weighted by molar-refractivity contribution is 7.91. The molecule has 0 saturated carbocycles. The Hall–Kier alpha value is -1.89. The highest BCUT2D eigenvalue weighted by Gasteiger charge is 2.24. The Kier molecular flexibility index (Phi) is 6.55. The van der Waals surface area contributed by atoms with Gasteiger partial charge in [-0.3, -0.25) is 4.79 Å². The molecule has 2 N–H and O–H groups in total. The third-order valence-electron chi connectivity index (χ3n) is 3.00. The number of rotatable bonds is 8. The largest absolute Gasteiger partial charge is 0.480 e. The fourth-order valence-electron chi connectivity index (χ4n) is 1.90. The molecule has 0 radical (unpaired) electrons. The van der Waals surface area contributed by atoms with E-state index >= 15 is 0 Å². The van der Waals surface area contributed by atoms with Gasteiger partial charge in [0, 0.05) is 6.42 Å². The van der Waals surface area contributed by atoms with Crippen molar-refractivity contribution in [2.24, 2.45) is 5.92 Å². The second kappa shape index (κ2) is 7.93.